The second-order valence-electron chi connectivity index (χ2n) is 5.73. The first-order valence-electron chi connectivity index (χ1n) is 7.52. The molecule has 4 N–H and O–H groups in total. The summed E-state index contributed by atoms with van der Waals surface area (Å²) in [6, 6.07) is 9.50. The molecule has 0 aliphatic heterocycles. The van der Waals surface area contributed by atoms with Crippen LogP contribution in [0.2, 0.25) is 0 Å². The monoisotopic (exact) mass is 347 g/mol. The first-order chi connectivity index (χ1) is 11.3. The van der Waals surface area contributed by atoms with E-state index in [1.54, 1.807) is 7.05 Å². The van der Waals surface area contributed by atoms with Crippen molar-refractivity contribution in [1.82, 2.24) is 14.9 Å². The minimum Gasteiger partial charge on any atom is -0.383 e. The van der Waals surface area contributed by atoms with Gasteiger partial charge in [-0.25, -0.2) is 4.79 Å². The number of nitrogens with one attached hydrogen (secondary N) is 2. The normalized spacial score (nSPS) is 10.7. The summed E-state index contributed by atoms with van der Waals surface area (Å²) in [7, 11) is 1.63. The van der Waals surface area contributed by atoms with Gasteiger partial charge in [-0.05, 0) is 31.6 Å². The highest BCUT2D eigenvalue weighted by Gasteiger charge is 2.19. The third-order valence-electron chi connectivity index (χ3n) is 3.45. The molecule has 1 aromatic carbocycles. The van der Waals surface area contributed by atoms with Crippen molar-refractivity contribution in [1.29, 1.82) is 0 Å². The van der Waals surface area contributed by atoms with Crippen LogP contribution in [0, 0.1) is 0 Å². The van der Waals surface area contributed by atoms with Crippen LogP contribution >= 0.6 is 12.2 Å². The van der Waals surface area contributed by atoms with Gasteiger partial charge in [-0.2, -0.15) is 0 Å². The summed E-state index contributed by atoms with van der Waals surface area (Å²) in [5, 5.41) is 3.39. The molecule has 1 aromatic heterocycles. The summed E-state index contributed by atoms with van der Waals surface area (Å²) in [5.41, 5.74) is 6.03. The maximum absolute atomic E-state index is 12.2. The van der Waals surface area contributed by atoms with Gasteiger partial charge in [0.2, 0.25) is 0 Å². The van der Waals surface area contributed by atoms with Crippen LogP contribution in [0.25, 0.3) is 0 Å². The van der Waals surface area contributed by atoms with Crippen LogP contribution in [-0.4, -0.2) is 27.8 Å². The van der Waals surface area contributed by atoms with Crippen molar-refractivity contribution in [2.24, 2.45) is 0 Å². The number of nitrogens with zero attached hydrogens (tertiary/aromatic N) is 2. The Labute approximate surface area is 145 Å². The van der Waals surface area contributed by atoms with Gasteiger partial charge in [-0.15, -0.1) is 0 Å². The number of nitrogens with two attached hydrogens (primary N) is 1. The second-order valence-corrected chi connectivity index (χ2v) is 6.11. The third kappa shape index (κ3) is 3.83. The molecule has 8 heteroatoms. The van der Waals surface area contributed by atoms with Crippen molar-refractivity contribution in [3.8, 4) is 0 Å². The molecule has 0 radical (unpaired) electrons. The number of nitrogen functional groups attached to an aromatic ring is 1. The van der Waals surface area contributed by atoms with Gasteiger partial charge in [0.15, 0.2) is 5.11 Å². The number of rotatable bonds is 4. The van der Waals surface area contributed by atoms with Crippen LogP contribution < -0.4 is 27.2 Å². The predicted octanol–water partition coefficient (Wildman–Crippen LogP) is 0.886. The van der Waals surface area contributed by atoms with E-state index in [1.807, 2.05) is 44.2 Å². The van der Waals surface area contributed by atoms with Gasteiger partial charge in [0.05, 0.1) is 6.54 Å². The van der Waals surface area contributed by atoms with Crippen LogP contribution in [0.5, 0.6) is 0 Å². The molecule has 0 spiro atoms. The van der Waals surface area contributed by atoms with Crippen molar-refractivity contribution in [2.45, 2.75) is 26.4 Å². The number of H-pyrrole nitrogens is 1. The SMILES string of the molecule is CC(C)NC(=S)N(C)c1c(N)n(Cc2ccccc2)c(=O)[nH]c1=O. The Bertz CT molecular complexity index is 842. The molecule has 7 nitrogen and oxygen atoms in total. The van der Waals surface area contributed by atoms with Crippen LogP contribution in [0.4, 0.5) is 11.5 Å². The average molecular weight is 347 g/mol. The van der Waals surface area contributed by atoms with Crippen molar-refractivity contribution in [2.75, 3.05) is 17.7 Å². The Balaban J connectivity index is 2.46. The molecule has 0 fully saturated rings. The standard InChI is InChI=1S/C16H21N5O2S/c1-10(2)18-16(24)20(3)12-13(17)21(15(23)19-14(12)22)9-11-7-5-4-6-8-11/h4-8,10H,9,17H2,1-3H3,(H,18,24)(H,19,22,23). The number of thiocarbonyl (C=S) groups is 1. The Morgan fingerprint density at radius 1 is 1.33 bits per heavy atom. The van der Waals surface area contributed by atoms with E-state index in [0.29, 0.717) is 5.11 Å². The molecule has 0 aliphatic carbocycles. The fraction of sp³-hybridized carbons (Fsp3) is 0.312. The number of benzene rings is 1. The zero-order chi connectivity index (χ0) is 17.9. The fourth-order valence-corrected chi connectivity index (χ4v) is 2.60. The molecule has 0 aliphatic rings. The molecule has 24 heavy (non-hydrogen) atoms. The third-order valence-corrected chi connectivity index (χ3v) is 3.84. The summed E-state index contributed by atoms with van der Waals surface area (Å²) >= 11 is 5.28. The van der Waals surface area contributed by atoms with Crippen LogP contribution in [0.15, 0.2) is 39.9 Å². The number of aromatic nitrogens is 2. The summed E-state index contributed by atoms with van der Waals surface area (Å²) in [6.07, 6.45) is 0. The quantitative estimate of drug-likeness (QED) is 0.711. The number of hydrogen-bond donors (Lipinski definition) is 3. The van der Waals surface area contributed by atoms with E-state index in [4.69, 9.17) is 18.0 Å². The van der Waals surface area contributed by atoms with Gasteiger partial charge in [0.1, 0.15) is 11.5 Å². The highest BCUT2D eigenvalue weighted by atomic mass is 32.1. The molecule has 0 unspecified atom stereocenters. The number of aromatic amines is 1. The molecule has 128 valence electrons. The Kier molecular flexibility index (Phi) is 5.40. The minimum absolute atomic E-state index is 0.0722. The zero-order valence-corrected chi connectivity index (χ0v) is 14.7. The lowest BCUT2D eigenvalue weighted by molar-refractivity contribution is 0.722. The van der Waals surface area contributed by atoms with E-state index < -0.39 is 11.2 Å². The first-order valence-corrected chi connectivity index (χ1v) is 7.92. The molecule has 0 bridgehead atoms. The predicted molar refractivity (Wildman–Crippen MR) is 101 cm³/mol. The van der Waals surface area contributed by atoms with Crippen molar-refractivity contribution in [3.63, 3.8) is 0 Å². The van der Waals surface area contributed by atoms with Crippen LogP contribution in [0.3, 0.4) is 0 Å². The van der Waals surface area contributed by atoms with E-state index >= 15 is 0 Å². The van der Waals surface area contributed by atoms with E-state index in [0.717, 1.165) is 5.56 Å². The van der Waals surface area contributed by atoms with Gasteiger partial charge in [0.25, 0.3) is 5.56 Å². The van der Waals surface area contributed by atoms with Crippen LogP contribution in [0.1, 0.15) is 19.4 Å². The van der Waals surface area contributed by atoms with Gasteiger partial charge in [0, 0.05) is 13.1 Å². The molecular formula is C16H21N5O2S. The van der Waals surface area contributed by atoms with Crippen molar-refractivity contribution < 1.29 is 0 Å². The molecule has 0 atom stereocenters. The maximum Gasteiger partial charge on any atom is 0.330 e. The molecule has 0 saturated heterocycles. The molecule has 2 rings (SSSR count). The van der Waals surface area contributed by atoms with Gasteiger partial charge in [-0.1, -0.05) is 30.3 Å². The van der Waals surface area contributed by atoms with E-state index in [9.17, 15) is 9.59 Å². The van der Waals surface area contributed by atoms with E-state index in [-0.39, 0.29) is 24.1 Å². The smallest absolute Gasteiger partial charge is 0.330 e. The van der Waals surface area contributed by atoms with E-state index in [2.05, 4.69) is 10.3 Å². The van der Waals surface area contributed by atoms with E-state index in [1.165, 1.54) is 9.47 Å². The molecule has 1 heterocycles. The summed E-state index contributed by atoms with van der Waals surface area (Å²) in [5.74, 6) is 0.0722. The zero-order valence-electron chi connectivity index (χ0n) is 13.9. The van der Waals surface area contributed by atoms with Gasteiger partial charge >= 0.3 is 5.69 Å². The van der Waals surface area contributed by atoms with Crippen LogP contribution in [-0.2, 0) is 6.54 Å². The largest absolute Gasteiger partial charge is 0.383 e. The summed E-state index contributed by atoms with van der Waals surface area (Å²) < 4.78 is 1.32. The molecule has 2 aromatic rings. The topological polar surface area (TPSA) is 96.2 Å². The van der Waals surface area contributed by atoms with Crippen molar-refractivity contribution in [3.05, 3.63) is 56.7 Å². The fourth-order valence-electron chi connectivity index (χ4n) is 2.27. The minimum atomic E-state index is -0.572. The second kappa shape index (κ2) is 7.31. The van der Waals surface area contributed by atoms with Gasteiger partial charge < -0.3 is 16.0 Å². The highest BCUT2D eigenvalue weighted by Crippen LogP contribution is 2.16. The number of hydrogen-bond acceptors (Lipinski definition) is 4. The Hall–Kier alpha value is -2.61. The Morgan fingerprint density at radius 2 is 1.96 bits per heavy atom. The molecule has 0 saturated carbocycles. The lowest BCUT2D eigenvalue weighted by Crippen LogP contribution is -2.45. The van der Waals surface area contributed by atoms with Crippen molar-refractivity contribution >= 4 is 28.8 Å². The number of anilines is 2. The molecule has 0 amide bonds. The average Bonchev–Trinajstić information content (AvgIpc) is 2.51. The summed E-state index contributed by atoms with van der Waals surface area (Å²) in [4.78, 5) is 28.1. The first kappa shape index (κ1) is 17.7. The highest BCUT2D eigenvalue weighted by molar-refractivity contribution is 7.80. The Morgan fingerprint density at radius 3 is 2.54 bits per heavy atom. The van der Waals surface area contributed by atoms with Gasteiger partial charge in [-0.3, -0.25) is 14.3 Å². The maximum atomic E-state index is 12.2. The lowest BCUT2D eigenvalue weighted by atomic mass is 10.2. The lowest BCUT2D eigenvalue weighted by Gasteiger charge is -2.24. The molecular weight excluding hydrogens is 326 g/mol. The summed E-state index contributed by atoms with van der Waals surface area (Å²) in [6.45, 7) is 4.13.